The lowest BCUT2D eigenvalue weighted by atomic mass is 10.1. The van der Waals surface area contributed by atoms with Crippen molar-refractivity contribution in [3.63, 3.8) is 0 Å². The van der Waals surface area contributed by atoms with Crippen LogP contribution in [0.25, 0.3) is 0 Å². The van der Waals surface area contributed by atoms with Gasteiger partial charge in [0, 0.05) is 30.5 Å². The zero-order valence-corrected chi connectivity index (χ0v) is 19.9. The minimum atomic E-state index is -3.80. The van der Waals surface area contributed by atoms with E-state index in [9.17, 15) is 28.1 Å². The Hall–Kier alpha value is -2.86. The molecule has 0 unspecified atom stereocenters. The molecule has 0 spiro atoms. The van der Waals surface area contributed by atoms with Gasteiger partial charge >= 0.3 is 5.97 Å². The van der Waals surface area contributed by atoms with Crippen molar-refractivity contribution >= 4 is 43.9 Å². The topological polar surface area (TPSA) is 137 Å². The van der Waals surface area contributed by atoms with E-state index in [0.29, 0.717) is 12.1 Å². The number of amides is 1. The van der Waals surface area contributed by atoms with Gasteiger partial charge in [0.2, 0.25) is 0 Å². The Balaban J connectivity index is 2.55. The third-order valence-corrected chi connectivity index (χ3v) is 6.74. The van der Waals surface area contributed by atoms with Gasteiger partial charge in [-0.1, -0.05) is 31.1 Å². The Labute approximate surface area is 190 Å². The van der Waals surface area contributed by atoms with Crippen LogP contribution >= 0.6 is 11.3 Å². The summed E-state index contributed by atoms with van der Waals surface area (Å²) in [6, 6.07) is 3.07. The van der Waals surface area contributed by atoms with Crippen LogP contribution in [0.3, 0.4) is 0 Å². The second kappa shape index (κ2) is 10.6. The Morgan fingerprint density at radius 1 is 1.22 bits per heavy atom. The molecule has 0 bridgehead atoms. The van der Waals surface area contributed by atoms with E-state index >= 15 is 0 Å². The minimum Gasteiger partial charge on any atom is -0.462 e. The first kappa shape index (κ1) is 25.4. The smallest absolute Gasteiger partial charge is 0.350 e. The number of hydrogen-bond acceptors (Lipinski definition) is 9. The largest absolute Gasteiger partial charge is 0.462 e. The molecule has 10 nitrogen and oxygen atoms in total. The summed E-state index contributed by atoms with van der Waals surface area (Å²) < 4.78 is 29.0. The number of thiazole rings is 1. The van der Waals surface area contributed by atoms with Gasteiger partial charge in [-0.05, 0) is 26.3 Å². The van der Waals surface area contributed by atoms with Crippen LogP contribution in [0.2, 0.25) is 0 Å². The van der Waals surface area contributed by atoms with Crippen molar-refractivity contribution in [1.29, 1.82) is 0 Å². The number of esters is 1. The van der Waals surface area contributed by atoms with Crippen LogP contribution in [-0.4, -0.2) is 49.6 Å². The minimum absolute atomic E-state index is 0.151. The third kappa shape index (κ3) is 6.10. The van der Waals surface area contributed by atoms with Gasteiger partial charge in [-0.2, -0.15) is 0 Å². The number of sulfone groups is 1. The van der Waals surface area contributed by atoms with Crippen LogP contribution in [0.15, 0.2) is 23.1 Å². The van der Waals surface area contributed by atoms with Crippen molar-refractivity contribution in [2.45, 2.75) is 44.9 Å². The second-order valence-corrected chi connectivity index (χ2v) is 10.0. The predicted molar refractivity (Wildman–Crippen MR) is 120 cm³/mol. The normalized spacial score (nSPS) is 11.2. The van der Waals surface area contributed by atoms with Gasteiger partial charge in [-0.15, -0.1) is 0 Å². The van der Waals surface area contributed by atoms with E-state index in [-0.39, 0.29) is 33.6 Å². The standard InChI is InChI=1S/C20H25N3O7S2/c1-5-7-8-9-22(20-21-13(3)17(31-20)19(25)30-6-2)18(24)14-10-15(23(26)27)12-16(11-14)32(4,28)29/h10-12H,5-9H2,1-4H3. The Kier molecular flexibility index (Phi) is 8.44. The van der Waals surface area contributed by atoms with Gasteiger partial charge in [-0.3, -0.25) is 19.8 Å². The Morgan fingerprint density at radius 2 is 1.91 bits per heavy atom. The summed E-state index contributed by atoms with van der Waals surface area (Å²) in [5.74, 6) is -1.19. The van der Waals surface area contributed by atoms with E-state index in [1.807, 2.05) is 6.92 Å². The molecule has 2 rings (SSSR count). The van der Waals surface area contributed by atoms with Crippen LogP contribution in [0.1, 0.15) is 58.8 Å². The molecule has 0 aliphatic heterocycles. The third-order valence-electron chi connectivity index (χ3n) is 4.48. The zero-order valence-electron chi connectivity index (χ0n) is 18.3. The van der Waals surface area contributed by atoms with Gasteiger partial charge in [0.05, 0.1) is 22.1 Å². The fraction of sp³-hybridized carbons (Fsp3) is 0.450. The average molecular weight is 484 g/mol. The van der Waals surface area contributed by atoms with E-state index in [4.69, 9.17) is 4.74 Å². The molecule has 1 aromatic heterocycles. The highest BCUT2D eigenvalue weighted by atomic mass is 32.2. The number of carbonyl (C=O) groups excluding carboxylic acids is 2. The van der Waals surface area contributed by atoms with E-state index < -0.39 is 32.3 Å². The number of nitro benzene ring substituents is 1. The molecule has 32 heavy (non-hydrogen) atoms. The molecule has 0 aliphatic rings. The number of aryl methyl sites for hydroxylation is 1. The van der Waals surface area contributed by atoms with Crippen molar-refractivity contribution in [3.05, 3.63) is 44.4 Å². The molecule has 1 amide bonds. The van der Waals surface area contributed by atoms with Crippen molar-refractivity contribution in [1.82, 2.24) is 4.98 Å². The molecule has 0 N–H and O–H groups in total. The summed E-state index contributed by atoms with van der Waals surface area (Å²) in [6.07, 6.45) is 3.25. The highest BCUT2D eigenvalue weighted by molar-refractivity contribution is 7.90. The lowest BCUT2D eigenvalue weighted by molar-refractivity contribution is -0.385. The maximum Gasteiger partial charge on any atom is 0.350 e. The monoisotopic (exact) mass is 483 g/mol. The molecule has 0 radical (unpaired) electrons. The van der Waals surface area contributed by atoms with Crippen molar-refractivity contribution < 1.29 is 27.7 Å². The Bertz CT molecular complexity index is 1130. The van der Waals surface area contributed by atoms with Crippen LogP contribution in [0.5, 0.6) is 0 Å². The lowest BCUT2D eigenvalue weighted by Crippen LogP contribution is -2.32. The van der Waals surface area contributed by atoms with Gasteiger partial charge in [0.1, 0.15) is 4.88 Å². The highest BCUT2D eigenvalue weighted by Crippen LogP contribution is 2.30. The summed E-state index contributed by atoms with van der Waals surface area (Å²) in [5.41, 5.74) is -0.262. The van der Waals surface area contributed by atoms with E-state index in [2.05, 4.69) is 4.98 Å². The van der Waals surface area contributed by atoms with Crippen molar-refractivity contribution in [2.75, 3.05) is 24.3 Å². The maximum absolute atomic E-state index is 13.4. The number of aromatic nitrogens is 1. The lowest BCUT2D eigenvalue weighted by Gasteiger charge is -2.20. The number of carbonyl (C=O) groups is 2. The summed E-state index contributed by atoms with van der Waals surface area (Å²) in [7, 11) is -3.80. The summed E-state index contributed by atoms with van der Waals surface area (Å²) >= 11 is 0.984. The van der Waals surface area contributed by atoms with Gasteiger partial charge in [0.15, 0.2) is 15.0 Å². The number of non-ortho nitro benzene ring substituents is 1. The van der Waals surface area contributed by atoms with E-state index in [0.717, 1.165) is 48.6 Å². The second-order valence-electron chi connectivity index (χ2n) is 7.04. The van der Waals surface area contributed by atoms with Crippen molar-refractivity contribution in [3.8, 4) is 0 Å². The number of nitrogens with zero attached hydrogens (tertiary/aromatic N) is 3. The van der Waals surface area contributed by atoms with E-state index in [1.54, 1.807) is 13.8 Å². The van der Waals surface area contributed by atoms with Crippen LogP contribution in [0, 0.1) is 17.0 Å². The van der Waals surface area contributed by atoms with Gasteiger partial charge < -0.3 is 4.74 Å². The van der Waals surface area contributed by atoms with Gasteiger partial charge in [0.25, 0.3) is 11.6 Å². The molecule has 0 aliphatic carbocycles. The van der Waals surface area contributed by atoms with Crippen LogP contribution in [-0.2, 0) is 14.6 Å². The fourth-order valence-electron chi connectivity index (χ4n) is 2.87. The molecule has 12 heteroatoms. The van der Waals surface area contributed by atoms with Gasteiger partial charge in [-0.25, -0.2) is 18.2 Å². The summed E-state index contributed by atoms with van der Waals surface area (Å²) in [4.78, 5) is 41.7. The Morgan fingerprint density at radius 3 is 2.47 bits per heavy atom. The molecule has 0 saturated heterocycles. The summed E-state index contributed by atoms with van der Waals surface area (Å²) in [5, 5.41) is 11.5. The first-order chi connectivity index (χ1) is 15.0. The molecular formula is C20H25N3O7S2. The highest BCUT2D eigenvalue weighted by Gasteiger charge is 2.27. The molecule has 0 fully saturated rings. The molecule has 2 aromatic rings. The first-order valence-corrected chi connectivity index (χ1v) is 12.7. The number of unbranched alkanes of at least 4 members (excludes halogenated alkanes) is 2. The predicted octanol–water partition coefficient (Wildman–Crippen LogP) is 3.78. The summed E-state index contributed by atoms with van der Waals surface area (Å²) in [6.45, 7) is 5.73. The number of nitro groups is 1. The number of hydrogen-bond donors (Lipinski definition) is 0. The zero-order chi connectivity index (χ0) is 24.1. The number of benzene rings is 1. The molecule has 174 valence electrons. The average Bonchev–Trinajstić information content (AvgIpc) is 3.11. The van der Waals surface area contributed by atoms with Crippen LogP contribution in [0.4, 0.5) is 10.8 Å². The maximum atomic E-state index is 13.4. The number of anilines is 1. The molecule has 1 heterocycles. The van der Waals surface area contributed by atoms with E-state index in [1.165, 1.54) is 4.90 Å². The number of rotatable bonds is 10. The molecule has 1 aromatic carbocycles. The SMILES string of the molecule is CCCCCN(C(=O)c1cc([N+](=O)[O-])cc(S(C)(=O)=O)c1)c1nc(C)c(C(=O)OCC)s1. The first-order valence-electron chi connectivity index (χ1n) is 9.95. The molecule has 0 atom stereocenters. The number of ether oxygens (including phenoxy) is 1. The van der Waals surface area contributed by atoms with Crippen LogP contribution < -0.4 is 4.90 Å². The molecular weight excluding hydrogens is 458 g/mol. The van der Waals surface area contributed by atoms with Crippen molar-refractivity contribution in [2.24, 2.45) is 0 Å². The fourth-order valence-corrected chi connectivity index (χ4v) is 4.53. The molecule has 0 saturated carbocycles. The quantitative estimate of drug-likeness (QED) is 0.215.